The molecule has 0 radical (unpaired) electrons. The number of carbonyl (C=O) groups excluding carboxylic acids is 1. The molecule has 1 heterocycles. The van der Waals surface area contributed by atoms with Gasteiger partial charge in [0.05, 0.1) is 12.6 Å². The number of piperidine rings is 1. The van der Waals surface area contributed by atoms with Crippen LogP contribution in [0, 0.1) is 11.8 Å². The van der Waals surface area contributed by atoms with Gasteiger partial charge in [-0.1, -0.05) is 13.8 Å². The van der Waals surface area contributed by atoms with E-state index in [4.69, 9.17) is 0 Å². The van der Waals surface area contributed by atoms with Crippen LogP contribution < -0.4 is 5.32 Å². The zero-order chi connectivity index (χ0) is 12.1. The van der Waals surface area contributed by atoms with Crippen molar-refractivity contribution >= 4 is 5.91 Å². The van der Waals surface area contributed by atoms with E-state index in [1.807, 2.05) is 4.90 Å². The van der Waals surface area contributed by atoms with E-state index in [1.54, 1.807) is 7.05 Å². The van der Waals surface area contributed by atoms with Crippen LogP contribution in [-0.2, 0) is 4.79 Å². The van der Waals surface area contributed by atoms with Crippen molar-refractivity contribution < 1.29 is 9.90 Å². The van der Waals surface area contributed by atoms with Crippen LogP contribution in [0.4, 0.5) is 0 Å². The number of aliphatic hydroxyl groups excluding tert-OH is 1. The summed E-state index contributed by atoms with van der Waals surface area (Å²) in [4.78, 5) is 13.6. The van der Waals surface area contributed by atoms with Gasteiger partial charge in [-0.25, -0.2) is 0 Å². The zero-order valence-corrected chi connectivity index (χ0v) is 10.6. The molecular weight excluding hydrogens is 204 g/mol. The topological polar surface area (TPSA) is 52.6 Å². The molecule has 0 bridgehead atoms. The average Bonchev–Trinajstić information content (AvgIpc) is 2.21. The fourth-order valence-electron chi connectivity index (χ4n) is 2.35. The molecule has 1 saturated heterocycles. The molecule has 1 aliphatic rings. The minimum Gasteiger partial charge on any atom is -0.393 e. The molecule has 16 heavy (non-hydrogen) atoms. The molecule has 0 unspecified atom stereocenters. The molecule has 1 rings (SSSR count). The summed E-state index contributed by atoms with van der Waals surface area (Å²) in [6.07, 6.45) is 1.47. The highest BCUT2D eigenvalue weighted by Gasteiger charge is 2.30. The maximum atomic E-state index is 11.7. The second kappa shape index (κ2) is 6.21. The van der Waals surface area contributed by atoms with E-state index in [2.05, 4.69) is 19.2 Å². The molecule has 2 atom stereocenters. The molecule has 0 saturated carbocycles. The Labute approximate surface area is 98.0 Å². The normalized spacial score (nSPS) is 26.2. The minimum atomic E-state index is -0.235. The highest BCUT2D eigenvalue weighted by Crippen LogP contribution is 2.23. The van der Waals surface area contributed by atoms with Crippen molar-refractivity contribution in [2.75, 3.05) is 26.7 Å². The standard InChI is InChI=1S/C12H24N2O2/c1-9(2)6-10-8-14(5-4-11(10)15)12(16)7-13-3/h9-11,13,15H,4-8H2,1-3H3/t10-,11+/m0/s1. The predicted molar refractivity (Wildman–Crippen MR) is 64.1 cm³/mol. The van der Waals surface area contributed by atoms with Crippen LogP contribution in [0.15, 0.2) is 0 Å². The first-order chi connectivity index (χ1) is 7.54. The molecule has 0 aromatic heterocycles. The number of likely N-dealkylation sites (N-methyl/N-ethyl adjacent to an activating group) is 1. The second-order valence-electron chi connectivity index (χ2n) is 5.12. The summed E-state index contributed by atoms with van der Waals surface area (Å²) in [5.41, 5.74) is 0. The van der Waals surface area contributed by atoms with Gasteiger partial charge >= 0.3 is 0 Å². The number of hydrogen-bond acceptors (Lipinski definition) is 3. The number of amides is 1. The number of aliphatic hydroxyl groups is 1. The van der Waals surface area contributed by atoms with Gasteiger partial charge in [0.25, 0.3) is 0 Å². The van der Waals surface area contributed by atoms with E-state index in [0.29, 0.717) is 32.0 Å². The fourth-order valence-corrected chi connectivity index (χ4v) is 2.35. The van der Waals surface area contributed by atoms with Gasteiger partial charge in [0.2, 0.25) is 5.91 Å². The summed E-state index contributed by atoms with van der Waals surface area (Å²) in [5.74, 6) is 0.955. The molecule has 94 valence electrons. The number of carbonyl (C=O) groups is 1. The largest absolute Gasteiger partial charge is 0.393 e. The van der Waals surface area contributed by atoms with Crippen LogP contribution >= 0.6 is 0 Å². The smallest absolute Gasteiger partial charge is 0.236 e. The first-order valence-corrected chi connectivity index (χ1v) is 6.15. The van der Waals surface area contributed by atoms with Crippen molar-refractivity contribution in [2.45, 2.75) is 32.8 Å². The molecule has 1 amide bonds. The van der Waals surface area contributed by atoms with E-state index >= 15 is 0 Å². The Morgan fingerprint density at radius 2 is 2.25 bits per heavy atom. The summed E-state index contributed by atoms with van der Waals surface area (Å²) >= 11 is 0. The minimum absolute atomic E-state index is 0.142. The monoisotopic (exact) mass is 228 g/mol. The van der Waals surface area contributed by atoms with Gasteiger partial charge in [0.1, 0.15) is 0 Å². The molecule has 1 aliphatic heterocycles. The Balaban J connectivity index is 2.49. The van der Waals surface area contributed by atoms with Crippen LogP contribution in [0.25, 0.3) is 0 Å². The molecule has 2 N–H and O–H groups in total. The Morgan fingerprint density at radius 1 is 1.56 bits per heavy atom. The third-order valence-corrected chi connectivity index (χ3v) is 3.15. The fraction of sp³-hybridized carbons (Fsp3) is 0.917. The molecule has 0 aliphatic carbocycles. The van der Waals surface area contributed by atoms with E-state index < -0.39 is 0 Å². The third kappa shape index (κ3) is 3.76. The SMILES string of the molecule is CNCC(=O)N1CC[C@@H](O)[C@@H](CC(C)C)C1. The molecule has 1 fully saturated rings. The van der Waals surface area contributed by atoms with Crippen LogP contribution in [-0.4, -0.2) is 48.7 Å². The summed E-state index contributed by atoms with van der Waals surface area (Å²) in [6, 6.07) is 0. The summed E-state index contributed by atoms with van der Waals surface area (Å²) in [6.45, 7) is 6.10. The van der Waals surface area contributed by atoms with Gasteiger partial charge in [-0.3, -0.25) is 4.79 Å². The first kappa shape index (κ1) is 13.5. The number of likely N-dealkylation sites (tertiary alicyclic amines) is 1. The number of rotatable bonds is 4. The summed E-state index contributed by atoms with van der Waals surface area (Å²) in [7, 11) is 1.78. The third-order valence-electron chi connectivity index (χ3n) is 3.15. The lowest BCUT2D eigenvalue weighted by Gasteiger charge is -2.37. The summed E-state index contributed by atoms with van der Waals surface area (Å²) < 4.78 is 0. The number of nitrogens with zero attached hydrogens (tertiary/aromatic N) is 1. The maximum absolute atomic E-state index is 11.7. The Hall–Kier alpha value is -0.610. The lowest BCUT2D eigenvalue weighted by molar-refractivity contribution is -0.134. The van der Waals surface area contributed by atoms with E-state index in [9.17, 15) is 9.90 Å². The van der Waals surface area contributed by atoms with Gasteiger partial charge in [0, 0.05) is 19.0 Å². The van der Waals surface area contributed by atoms with Crippen molar-refractivity contribution in [3.63, 3.8) is 0 Å². The van der Waals surface area contributed by atoms with Gasteiger partial charge in [0.15, 0.2) is 0 Å². The van der Waals surface area contributed by atoms with Gasteiger partial charge in [-0.05, 0) is 25.8 Å². The van der Waals surface area contributed by atoms with E-state index in [0.717, 1.165) is 6.42 Å². The van der Waals surface area contributed by atoms with Crippen LogP contribution in [0.5, 0.6) is 0 Å². The van der Waals surface area contributed by atoms with Gasteiger partial charge < -0.3 is 15.3 Å². The molecule has 0 aromatic carbocycles. The highest BCUT2D eigenvalue weighted by atomic mass is 16.3. The van der Waals surface area contributed by atoms with Crippen molar-refractivity contribution in [3.05, 3.63) is 0 Å². The molecule has 0 aromatic rings. The predicted octanol–water partition coefficient (Wildman–Crippen LogP) is 0.461. The second-order valence-corrected chi connectivity index (χ2v) is 5.12. The van der Waals surface area contributed by atoms with Gasteiger partial charge in [-0.15, -0.1) is 0 Å². The van der Waals surface area contributed by atoms with Crippen LogP contribution in [0.1, 0.15) is 26.7 Å². The highest BCUT2D eigenvalue weighted by molar-refractivity contribution is 5.78. The number of nitrogens with one attached hydrogen (secondary N) is 1. The van der Waals surface area contributed by atoms with E-state index in [-0.39, 0.29) is 17.9 Å². The van der Waals surface area contributed by atoms with Crippen molar-refractivity contribution in [1.29, 1.82) is 0 Å². The first-order valence-electron chi connectivity index (χ1n) is 6.15. The zero-order valence-electron chi connectivity index (χ0n) is 10.6. The van der Waals surface area contributed by atoms with Crippen LogP contribution in [0.3, 0.4) is 0 Å². The van der Waals surface area contributed by atoms with Gasteiger partial charge in [-0.2, -0.15) is 0 Å². The quantitative estimate of drug-likeness (QED) is 0.735. The Morgan fingerprint density at radius 3 is 2.81 bits per heavy atom. The average molecular weight is 228 g/mol. The lowest BCUT2D eigenvalue weighted by atomic mass is 9.87. The molecular formula is C12H24N2O2. The van der Waals surface area contributed by atoms with E-state index in [1.165, 1.54) is 0 Å². The van der Waals surface area contributed by atoms with Crippen molar-refractivity contribution in [3.8, 4) is 0 Å². The summed E-state index contributed by atoms with van der Waals surface area (Å²) in [5, 5.41) is 12.8. The molecule has 4 nitrogen and oxygen atoms in total. The number of hydrogen-bond donors (Lipinski definition) is 2. The van der Waals surface area contributed by atoms with Crippen LogP contribution in [0.2, 0.25) is 0 Å². The maximum Gasteiger partial charge on any atom is 0.236 e. The Kier molecular flexibility index (Phi) is 5.22. The van der Waals surface area contributed by atoms with Crippen molar-refractivity contribution in [2.24, 2.45) is 11.8 Å². The Bertz CT molecular complexity index is 231. The molecule has 4 heteroatoms. The molecule has 0 spiro atoms. The lowest BCUT2D eigenvalue weighted by Crippen LogP contribution is -2.48. The van der Waals surface area contributed by atoms with Crippen molar-refractivity contribution in [1.82, 2.24) is 10.2 Å².